The molecule has 1 saturated heterocycles. The first-order valence-electron chi connectivity index (χ1n) is 8.49. The lowest BCUT2D eigenvalue weighted by Crippen LogP contribution is -2.47. The van der Waals surface area contributed by atoms with Crippen molar-refractivity contribution in [2.45, 2.75) is 26.2 Å². The van der Waals surface area contributed by atoms with Gasteiger partial charge in [0.2, 0.25) is 0 Å². The lowest BCUT2D eigenvalue weighted by atomic mass is 10.0. The van der Waals surface area contributed by atoms with Gasteiger partial charge in [-0.15, -0.1) is 0 Å². The second-order valence-electron chi connectivity index (χ2n) is 6.14. The molecule has 6 nitrogen and oxygen atoms in total. The first-order valence-corrected chi connectivity index (χ1v) is 8.49. The molecule has 2 amide bonds. The number of anilines is 1. The fourth-order valence-corrected chi connectivity index (χ4v) is 3.23. The van der Waals surface area contributed by atoms with Crippen molar-refractivity contribution in [2.75, 3.05) is 5.01 Å². The number of hydrogen-bond donors (Lipinski definition) is 0. The summed E-state index contributed by atoms with van der Waals surface area (Å²) in [6.07, 6.45) is 3.92. The Labute approximate surface area is 145 Å². The molecule has 0 N–H and O–H groups in total. The molecule has 0 spiro atoms. The zero-order valence-corrected chi connectivity index (χ0v) is 13.9. The van der Waals surface area contributed by atoms with E-state index < -0.39 is 5.92 Å². The predicted octanol–water partition coefficient (Wildman–Crippen LogP) is 3.07. The number of aromatic nitrogens is 1. The van der Waals surface area contributed by atoms with Gasteiger partial charge < -0.3 is 0 Å². The molecule has 0 saturated carbocycles. The van der Waals surface area contributed by atoms with E-state index in [0.717, 1.165) is 18.4 Å². The van der Waals surface area contributed by atoms with Crippen molar-refractivity contribution >= 4 is 29.2 Å². The van der Waals surface area contributed by atoms with Crippen molar-refractivity contribution in [3.63, 3.8) is 0 Å². The van der Waals surface area contributed by atoms with Gasteiger partial charge in [-0.1, -0.05) is 50.1 Å². The molecular formula is C19H18N4O2. The molecule has 0 aliphatic carbocycles. The van der Waals surface area contributed by atoms with Crippen LogP contribution in [0.25, 0.3) is 0 Å². The van der Waals surface area contributed by atoms with Crippen molar-refractivity contribution in [2.24, 2.45) is 10.9 Å². The quantitative estimate of drug-likeness (QED) is 0.807. The maximum atomic E-state index is 13.0. The van der Waals surface area contributed by atoms with Gasteiger partial charge in [-0.2, -0.15) is 10.0 Å². The summed E-state index contributed by atoms with van der Waals surface area (Å²) in [5.74, 6) is -0.223. The molecule has 2 aliphatic heterocycles. The minimum absolute atomic E-state index is 0.221. The Hall–Kier alpha value is -3.02. The van der Waals surface area contributed by atoms with Gasteiger partial charge in [0.1, 0.15) is 11.6 Å². The summed E-state index contributed by atoms with van der Waals surface area (Å²) in [6.45, 7) is 2.05. The third-order valence-corrected chi connectivity index (χ3v) is 4.49. The van der Waals surface area contributed by atoms with Crippen LogP contribution in [-0.4, -0.2) is 27.6 Å². The minimum atomic E-state index is -0.665. The van der Waals surface area contributed by atoms with Crippen LogP contribution in [0.2, 0.25) is 0 Å². The van der Waals surface area contributed by atoms with Crippen molar-refractivity contribution in [1.29, 1.82) is 0 Å². The van der Waals surface area contributed by atoms with Crippen LogP contribution >= 0.6 is 0 Å². The van der Waals surface area contributed by atoms with Gasteiger partial charge in [-0.05, 0) is 18.6 Å². The number of pyridine rings is 1. The Kier molecular flexibility index (Phi) is 3.80. The van der Waals surface area contributed by atoms with Crippen LogP contribution in [0.3, 0.4) is 0 Å². The maximum absolute atomic E-state index is 13.0. The van der Waals surface area contributed by atoms with Gasteiger partial charge in [-0.3, -0.25) is 9.59 Å². The van der Waals surface area contributed by atoms with Crippen molar-refractivity contribution in [1.82, 2.24) is 9.99 Å². The number of nitrogens with zero attached hydrogens (tertiary/aromatic N) is 4. The number of unbranched alkanes of at least 4 members (excludes halogenated alkanes) is 1. The Bertz CT molecular complexity index is 863. The van der Waals surface area contributed by atoms with Crippen LogP contribution in [0.4, 0.5) is 11.5 Å². The number of benzene rings is 1. The number of amides is 2. The van der Waals surface area contributed by atoms with E-state index in [1.807, 2.05) is 37.3 Å². The van der Waals surface area contributed by atoms with E-state index >= 15 is 0 Å². The van der Waals surface area contributed by atoms with Crippen LogP contribution in [-0.2, 0) is 9.59 Å². The monoisotopic (exact) mass is 334 g/mol. The highest BCUT2D eigenvalue weighted by atomic mass is 16.2. The molecule has 25 heavy (non-hydrogen) atoms. The topological polar surface area (TPSA) is 65.9 Å². The van der Waals surface area contributed by atoms with Crippen molar-refractivity contribution in [3.8, 4) is 0 Å². The Morgan fingerprint density at radius 3 is 2.52 bits per heavy atom. The average Bonchev–Trinajstić information content (AvgIpc) is 2.91. The lowest BCUT2D eigenvalue weighted by molar-refractivity contribution is -0.130. The van der Waals surface area contributed by atoms with E-state index in [0.29, 0.717) is 23.8 Å². The molecule has 6 heteroatoms. The van der Waals surface area contributed by atoms with Crippen LogP contribution in [0, 0.1) is 5.92 Å². The predicted molar refractivity (Wildman–Crippen MR) is 94.2 cm³/mol. The van der Waals surface area contributed by atoms with E-state index in [1.165, 1.54) is 10.0 Å². The number of carbonyl (C=O) groups is 2. The largest absolute Gasteiger partial charge is 0.272 e. The lowest BCUT2D eigenvalue weighted by Gasteiger charge is -2.32. The highest BCUT2D eigenvalue weighted by Crippen LogP contribution is 2.39. The first-order chi connectivity index (χ1) is 12.2. The summed E-state index contributed by atoms with van der Waals surface area (Å²) < 4.78 is 0. The number of aliphatic imine (C=N–C) groups is 1. The highest BCUT2D eigenvalue weighted by Gasteiger charge is 2.50. The maximum Gasteiger partial charge on any atom is 0.260 e. The van der Waals surface area contributed by atoms with E-state index in [-0.39, 0.29) is 11.8 Å². The fraction of sp³-hybridized carbons (Fsp3) is 0.263. The average molecular weight is 334 g/mol. The van der Waals surface area contributed by atoms with E-state index in [2.05, 4.69) is 9.98 Å². The Balaban J connectivity index is 1.85. The molecule has 126 valence electrons. The molecule has 1 unspecified atom stereocenters. The normalized spacial score (nSPS) is 18.9. The molecule has 0 bridgehead atoms. The molecule has 1 aromatic heterocycles. The van der Waals surface area contributed by atoms with E-state index in [1.54, 1.807) is 18.3 Å². The standard InChI is InChI=1S/C19H18N4O2/c1-2-3-10-14-18(24)22-16(13-8-5-4-6-9-13)21-15-11-7-12-20-17(15)23(22)19(14)25/h4-9,11-12,14H,2-3,10H2,1H3. The molecule has 1 aromatic carbocycles. The summed E-state index contributed by atoms with van der Waals surface area (Å²) in [4.78, 5) is 34.9. The second-order valence-corrected chi connectivity index (χ2v) is 6.14. The van der Waals surface area contributed by atoms with Crippen molar-refractivity contribution < 1.29 is 9.59 Å². The molecule has 1 fully saturated rings. The second kappa shape index (κ2) is 6.12. The number of rotatable bonds is 4. The minimum Gasteiger partial charge on any atom is -0.272 e. The molecule has 3 heterocycles. The smallest absolute Gasteiger partial charge is 0.260 e. The van der Waals surface area contributed by atoms with Gasteiger partial charge in [0, 0.05) is 11.8 Å². The van der Waals surface area contributed by atoms with E-state index in [9.17, 15) is 9.59 Å². The van der Waals surface area contributed by atoms with Crippen LogP contribution in [0.5, 0.6) is 0 Å². The number of hydrogen-bond acceptors (Lipinski definition) is 4. The summed E-state index contributed by atoms with van der Waals surface area (Å²) in [5.41, 5.74) is 1.38. The van der Waals surface area contributed by atoms with Gasteiger partial charge >= 0.3 is 0 Å². The van der Waals surface area contributed by atoms with Crippen molar-refractivity contribution in [3.05, 3.63) is 54.2 Å². The summed E-state index contributed by atoms with van der Waals surface area (Å²) in [6, 6.07) is 13.0. The molecule has 2 aromatic rings. The fourth-order valence-electron chi connectivity index (χ4n) is 3.23. The Morgan fingerprint density at radius 1 is 1.00 bits per heavy atom. The number of hydrazine groups is 1. The molecule has 4 rings (SSSR count). The highest BCUT2D eigenvalue weighted by molar-refractivity contribution is 6.25. The number of carbonyl (C=O) groups excluding carboxylic acids is 2. The van der Waals surface area contributed by atoms with Gasteiger partial charge in [0.25, 0.3) is 11.8 Å². The van der Waals surface area contributed by atoms with Crippen LogP contribution in [0.15, 0.2) is 53.7 Å². The Morgan fingerprint density at radius 2 is 1.76 bits per heavy atom. The molecule has 2 aliphatic rings. The van der Waals surface area contributed by atoms with Crippen LogP contribution < -0.4 is 5.01 Å². The SMILES string of the molecule is CCCCC1C(=O)N2C(c3ccccc3)=Nc3cccnc3N2C1=O. The van der Waals surface area contributed by atoms with Gasteiger partial charge in [0.05, 0.1) is 0 Å². The molecular weight excluding hydrogens is 316 g/mol. The third-order valence-electron chi connectivity index (χ3n) is 4.49. The molecule has 0 radical (unpaired) electrons. The zero-order chi connectivity index (χ0) is 17.4. The van der Waals surface area contributed by atoms with Gasteiger partial charge in [0.15, 0.2) is 11.7 Å². The number of amidine groups is 1. The van der Waals surface area contributed by atoms with E-state index in [4.69, 9.17) is 0 Å². The summed E-state index contributed by atoms with van der Waals surface area (Å²) >= 11 is 0. The molecule has 1 atom stereocenters. The summed E-state index contributed by atoms with van der Waals surface area (Å²) in [5, 5.41) is 2.79. The van der Waals surface area contributed by atoms with Gasteiger partial charge in [-0.25, -0.2) is 9.98 Å². The van der Waals surface area contributed by atoms with Crippen LogP contribution in [0.1, 0.15) is 31.7 Å². The summed E-state index contributed by atoms with van der Waals surface area (Å²) in [7, 11) is 0. The number of fused-ring (bicyclic) bond motifs is 3. The zero-order valence-electron chi connectivity index (χ0n) is 13.9. The first kappa shape index (κ1) is 15.5. The third kappa shape index (κ3) is 2.41.